The van der Waals surface area contributed by atoms with Crippen LogP contribution in [0.3, 0.4) is 0 Å². The first-order valence-electron chi connectivity index (χ1n) is 6.68. The summed E-state index contributed by atoms with van der Waals surface area (Å²) in [5, 5.41) is 9.65. The molecule has 0 saturated heterocycles. The summed E-state index contributed by atoms with van der Waals surface area (Å²) < 4.78 is 2.14. The second-order valence-electron chi connectivity index (χ2n) is 4.79. The van der Waals surface area contributed by atoms with Crippen LogP contribution in [-0.2, 0) is 17.8 Å². The molecular formula is C14H17BrN4O2. The van der Waals surface area contributed by atoms with Gasteiger partial charge >= 0.3 is 0 Å². The lowest BCUT2D eigenvalue weighted by Gasteiger charge is -2.07. The fraction of sp³-hybridized carbons (Fsp3) is 0.357. The summed E-state index contributed by atoms with van der Waals surface area (Å²) in [6.07, 6.45) is 5.11. The fourth-order valence-corrected chi connectivity index (χ4v) is 2.35. The van der Waals surface area contributed by atoms with Gasteiger partial charge < -0.3 is 9.88 Å². The molecule has 2 aromatic rings. The molecule has 2 rings (SSSR count). The molecule has 2 aromatic heterocycles. The summed E-state index contributed by atoms with van der Waals surface area (Å²) in [7, 11) is 0. The van der Waals surface area contributed by atoms with Gasteiger partial charge in [-0.1, -0.05) is 0 Å². The third-order valence-corrected chi connectivity index (χ3v) is 3.61. The Morgan fingerprint density at radius 3 is 3.00 bits per heavy atom. The number of nitrogens with one attached hydrogen (secondary N) is 2. The maximum Gasteiger partial charge on any atom is 0.251 e. The quantitative estimate of drug-likeness (QED) is 0.771. The van der Waals surface area contributed by atoms with Crippen molar-refractivity contribution >= 4 is 21.8 Å². The Morgan fingerprint density at radius 1 is 1.48 bits per heavy atom. The predicted octanol–water partition coefficient (Wildman–Crippen LogP) is 1.39. The summed E-state index contributed by atoms with van der Waals surface area (Å²) in [6, 6.07) is 3.09. The maximum atomic E-state index is 11.8. The van der Waals surface area contributed by atoms with E-state index >= 15 is 0 Å². The van der Waals surface area contributed by atoms with Crippen molar-refractivity contribution in [3.05, 3.63) is 50.6 Å². The standard InChI is InChI=1S/C14H17BrN4O2/c1-10-11(7-17-18-10)3-2-6-16-13(20)9-19-8-12(15)4-5-14(19)21/h4-5,7-8H,2-3,6,9H2,1H3,(H,16,20)(H,17,18). The lowest BCUT2D eigenvalue weighted by Crippen LogP contribution is -2.32. The highest BCUT2D eigenvalue weighted by atomic mass is 79.9. The molecule has 6 nitrogen and oxygen atoms in total. The van der Waals surface area contributed by atoms with Gasteiger partial charge in [0.15, 0.2) is 0 Å². The molecule has 0 unspecified atom stereocenters. The number of hydrogen-bond acceptors (Lipinski definition) is 3. The monoisotopic (exact) mass is 352 g/mol. The van der Waals surface area contributed by atoms with Crippen LogP contribution in [0.1, 0.15) is 17.7 Å². The van der Waals surface area contributed by atoms with E-state index in [0.717, 1.165) is 28.6 Å². The van der Waals surface area contributed by atoms with Crippen molar-refractivity contribution in [2.45, 2.75) is 26.3 Å². The lowest BCUT2D eigenvalue weighted by atomic mass is 10.1. The van der Waals surface area contributed by atoms with Crippen molar-refractivity contribution in [2.75, 3.05) is 6.54 Å². The van der Waals surface area contributed by atoms with E-state index in [4.69, 9.17) is 0 Å². The van der Waals surface area contributed by atoms with E-state index in [-0.39, 0.29) is 18.0 Å². The van der Waals surface area contributed by atoms with Crippen LogP contribution in [0, 0.1) is 6.92 Å². The van der Waals surface area contributed by atoms with Gasteiger partial charge in [-0.05, 0) is 47.3 Å². The minimum absolute atomic E-state index is 0.0308. The molecule has 112 valence electrons. The van der Waals surface area contributed by atoms with E-state index in [2.05, 4.69) is 31.4 Å². The largest absolute Gasteiger partial charge is 0.355 e. The van der Waals surface area contributed by atoms with Crippen LogP contribution in [0.15, 0.2) is 33.8 Å². The summed E-state index contributed by atoms with van der Waals surface area (Å²) >= 11 is 3.28. The topological polar surface area (TPSA) is 79.8 Å². The minimum Gasteiger partial charge on any atom is -0.355 e. The van der Waals surface area contributed by atoms with Gasteiger partial charge in [0.2, 0.25) is 5.91 Å². The lowest BCUT2D eigenvalue weighted by molar-refractivity contribution is -0.121. The number of pyridine rings is 1. The number of amides is 1. The Labute approximate surface area is 130 Å². The van der Waals surface area contributed by atoms with Crippen LogP contribution < -0.4 is 10.9 Å². The highest BCUT2D eigenvalue weighted by molar-refractivity contribution is 9.10. The fourth-order valence-electron chi connectivity index (χ4n) is 1.97. The van der Waals surface area contributed by atoms with Gasteiger partial charge in [0.25, 0.3) is 5.56 Å². The number of H-pyrrole nitrogens is 1. The van der Waals surface area contributed by atoms with Gasteiger partial charge in [0.05, 0.1) is 6.20 Å². The molecule has 0 aliphatic rings. The second-order valence-corrected chi connectivity index (χ2v) is 5.70. The molecular weight excluding hydrogens is 336 g/mol. The van der Waals surface area contributed by atoms with Crippen molar-refractivity contribution in [2.24, 2.45) is 0 Å². The maximum absolute atomic E-state index is 11.8. The minimum atomic E-state index is -0.192. The molecule has 1 amide bonds. The van der Waals surface area contributed by atoms with Gasteiger partial charge in [-0.2, -0.15) is 5.10 Å². The first-order valence-corrected chi connectivity index (χ1v) is 7.47. The number of aromatic amines is 1. The van der Waals surface area contributed by atoms with Crippen LogP contribution >= 0.6 is 15.9 Å². The van der Waals surface area contributed by atoms with Crippen molar-refractivity contribution in [3.63, 3.8) is 0 Å². The Balaban J connectivity index is 1.76. The van der Waals surface area contributed by atoms with Gasteiger partial charge in [-0.3, -0.25) is 14.7 Å². The number of aromatic nitrogens is 3. The zero-order valence-corrected chi connectivity index (χ0v) is 13.3. The highest BCUT2D eigenvalue weighted by Gasteiger charge is 2.05. The smallest absolute Gasteiger partial charge is 0.251 e. The zero-order valence-electron chi connectivity index (χ0n) is 11.7. The third-order valence-electron chi connectivity index (χ3n) is 3.14. The molecule has 0 aliphatic carbocycles. The van der Waals surface area contributed by atoms with E-state index < -0.39 is 0 Å². The van der Waals surface area contributed by atoms with Crippen LogP contribution in [-0.4, -0.2) is 27.2 Å². The molecule has 0 radical (unpaired) electrons. The molecule has 0 bridgehead atoms. The van der Waals surface area contributed by atoms with Crippen molar-refractivity contribution in [1.82, 2.24) is 20.1 Å². The highest BCUT2D eigenvalue weighted by Crippen LogP contribution is 2.05. The molecule has 0 atom stereocenters. The van der Waals surface area contributed by atoms with E-state index in [1.165, 1.54) is 10.6 Å². The SMILES string of the molecule is Cc1[nH]ncc1CCCNC(=O)Cn1cc(Br)ccc1=O. The Kier molecular flexibility index (Phi) is 5.32. The molecule has 21 heavy (non-hydrogen) atoms. The molecule has 0 spiro atoms. The first-order chi connectivity index (χ1) is 10.1. The molecule has 0 saturated carbocycles. The third kappa shape index (κ3) is 4.56. The van der Waals surface area contributed by atoms with Crippen LogP contribution in [0.4, 0.5) is 0 Å². The Morgan fingerprint density at radius 2 is 2.29 bits per heavy atom. The van der Waals surface area contributed by atoms with Crippen molar-refractivity contribution < 1.29 is 4.79 Å². The predicted molar refractivity (Wildman–Crippen MR) is 83.1 cm³/mol. The molecule has 0 fully saturated rings. The summed E-state index contributed by atoms with van der Waals surface area (Å²) in [6.45, 7) is 2.58. The number of aryl methyl sites for hydroxylation is 2. The molecule has 0 aliphatic heterocycles. The second kappa shape index (κ2) is 7.21. The zero-order chi connectivity index (χ0) is 15.2. The molecule has 2 heterocycles. The number of nitrogens with zero attached hydrogens (tertiary/aromatic N) is 2. The van der Waals surface area contributed by atoms with Crippen molar-refractivity contribution in [1.29, 1.82) is 0 Å². The van der Waals surface area contributed by atoms with E-state index in [1.807, 2.05) is 6.92 Å². The summed E-state index contributed by atoms with van der Waals surface area (Å²) in [5.74, 6) is -0.167. The average molecular weight is 353 g/mol. The molecule has 7 heteroatoms. The van der Waals surface area contributed by atoms with E-state index in [9.17, 15) is 9.59 Å². The first kappa shape index (κ1) is 15.5. The van der Waals surface area contributed by atoms with Crippen LogP contribution in [0.5, 0.6) is 0 Å². The van der Waals surface area contributed by atoms with Crippen LogP contribution in [0.2, 0.25) is 0 Å². The number of carbonyl (C=O) groups is 1. The number of hydrogen-bond donors (Lipinski definition) is 2. The normalized spacial score (nSPS) is 10.6. The van der Waals surface area contributed by atoms with Gasteiger partial charge in [-0.25, -0.2) is 0 Å². The molecule has 0 aromatic carbocycles. The summed E-state index contributed by atoms with van der Waals surface area (Å²) in [5.41, 5.74) is 2.02. The molecule has 2 N–H and O–H groups in total. The van der Waals surface area contributed by atoms with E-state index in [0.29, 0.717) is 6.54 Å². The Hall–Kier alpha value is -1.89. The number of carbonyl (C=O) groups excluding carboxylic acids is 1. The van der Waals surface area contributed by atoms with Gasteiger partial charge in [0.1, 0.15) is 6.54 Å². The van der Waals surface area contributed by atoms with Gasteiger partial charge in [-0.15, -0.1) is 0 Å². The van der Waals surface area contributed by atoms with E-state index in [1.54, 1.807) is 18.5 Å². The van der Waals surface area contributed by atoms with Crippen LogP contribution in [0.25, 0.3) is 0 Å². The van der Waals surface area contributed by atoms with Crippen molar-refractivity contribution in [3.8, 4) is 0 Å². The average Bonchev–Trinajstić information content (AvgIpc) is 2.84. The Bertz CT molecular complexity index is 678. The number of rotatable bonds is 6. The number of halogens is 1. The summed E-state index contributed by atoms with van der Waals surface area (Å²) in [4.78, 5) is 23.4. The van der Waals surface area contributed by atoms with Gasteiger partial charge in [0, 0.05) is 29.0 Å².